The molecule has 0 amide bonds. The molecule has 2 heterocycles. The fourth-order valence-corrected chi connectivity index (χ4v) is 2.09. The molecule has 0 aromatic carbocycles. The van der Waals surface area contributed by atoms with Crippen LogP contribution in [0.15, 0.2) is 15.9 Å². The fraction of sp³-hybridized carbons (Fsp3) is 0.583. The number of unbranched alkanes of at least 4 members (excludes halogenated alkanes) is 3. The maximum absolute atomic E-state index is 12.1. The van der Waals surface area contributed by atoms with Gasteiger partial charge in [-0.25, -0.2) is 9.78 Å². The molecule has 0 aliphatic carbocycles. The van der Waals surface area contributed by atoms with Crippen LogP contribution in [0.25, 0.3) is 11.2 Å². The first kappa shape index (κ1) is 16.2. The molecule has 0 spiro atoms. The van der Waals surface area contributed by atoms with Crippen molar-refractivity contribution >= 4 is 40.7 Å². The van der Waals surface area contributed by atoms with E-state index < -0.39 is 0 Å². The molecule has 0 saturated heterocycles. The third-order valence-electron chi connectivity index (χ3n) is 3.15. The molecule has 7 heteroatoms. The maximum atomic E-state index is 12.1. The number of hydrogen-bond acceptors (Lipinski definition) is 3. The molecule has 6 nitrogen and oxygen atoms in total. The molecule has 1 radical (unpaired) electrons. The number of aromatic amines is 1. The van der Waals surface area contributed by atoms with Crippen LogP contribution in [0.2, 0.25) is 0 Å². The van der Waals surface area contributed by atoms with Gasteiger partial charge in [0.2, 0.25) is 0 Å². The number of hydrogen-bond donors (Lipinski definition) is 1. The summed E-state index contributed by atoms with van der Waals surface area (Å²) in [5.74, 6) is 0. The molecule has 0 atom stereocenters. The predicted octanol–water partition coefficient (Wildman–Crippen LogP) is 0.623. The van der Waals surface area contributed by atoms with Gasteiger partial charge < -0.3 is 4.98 Å². The Bertz CT molecular complexity index is 656. The Morgan fingerprint density at radius 2 is 2.00 bits per heavy atom. The number of fused-ring (bicyclic) bond motifs is 1. The molecule has 19 heavy (non-hydrogen) atoms. The first-order valence-electron chi connectivity index (χ1n) is 6.29. The van der Waals surface area contributed by atoms with E-state index in [2.05, 4.69) is 16.9 Å². The Morgan fingerprint density at radius 1 is 1.26 bits per heavy atom. The summed E-state index contributed by atoms with van der Waals surface area (Å²) in [6, 6.07) is 0. The summed E-state index contributed by atoms with van der Waals surface area (Å²) in [6.07, 6.45) is 5.58. The van der Waals surface area contributed by atoms with Crippen LogP contribution >= 0.6 is 0 Å². The van der Waals surface area contributed by atoms with E-state index in [4.69, 9.17) is 0 Å². The van der Waals surface area contributed by atoms with E-state index >= 15 is 0 Å². The summed E-state index contributed by atoms with van der Waals surface area (Å²) in [5, 5.41) is 0. The van der Waals surface area contributed by atoms with Gasteiger partial charge in [0, 0.05) is 43.1 Å². The van der Waals surface area contributed by atoms with Crippen LogP contribution in [-0.2, 0) is 13.6 Å². The number of nitrogens with zero attached hydrogens (tertiary/aromatic N) is 3. The van der Waals surface area contributed by atoms with E-state index in [0.717, 1.165) is 25.7 Å². The summed E-state index contributed by atoms with van der Waals surface area (Å²) in [6.45, 7) is 2.60. The fourth-order valence-electron chi connectivity index (χ4n) is 2.09. The monoisotopic (exact) mass is 273 g/mol. The van der Waals surface area contributed by atoms with Crippen molar-refractivity contribution in [3.05, 3.63) is 27.2 Å². The zero-order valence-electron chi connectivity index (χ0n) is 11.8. The second-order valence-corrected chi connectivity index (χ2v) is 4.46. The van der Waals surface area contributed by atoms with Gasteiger partial charge >= 0.3 is 5.69 Å². The van der Waals surface area contributed by atoms with Gasteiger partial charge in [-0.15, -0.1) is 0 Å². The van der Waals surface area contributed by atoms with E-state index in [1.165, 1.54) is 15.5 Å². The van der Waals surface area contributed by atoms with Gasteiger partial charge in [0.15, 0.2) is 5.65 Å². The summed E-state index contributed by atoms with van der Waals surface area (Å²) in [7, 11) is 1.63. The number of nitrogens with one attached hydrogen (secondary N) is 1. The standard InChI is InChI=1S/C12H18N4O2.Na/c1-3-4-5-6-7-16-11(17)9-10(14-8-13-9)15(2)12(16)18;/h8H,3-7H2,1-2H3,(H,13,14);. The molecule has 2 aromatic rings. The number of aromatic nitrogens is 4. The summed E-state index contributed by atoms with van der Waals surface area (Å²) in [4.78, 5) is 30.9. The van der Waals surface area contributed by atoms with Crippen LogP contribution in [-0.4, -0.2) is 48.7 Å². The molecule has 2 rings (SSSR count). The van der Waals surface area contributed by atoms with Crippen LogP contribution in [0.4, 0.5) is 0 Å². The molecule has 0 unspecified atom stereocenters. The molecule has 2 aromatic heterocycles. The van der Waals surface area contributed by atoms with Gasteiger partial charge in [0.25, 0.3) is 5.56 Å². The third-order valence-corrected chi connectivity index (χ3v) is 3.15. The zero-order chi connectivity index (χ0) is 13.1. The van der Waals surface area contributed by atoms with E-state index in [0.29, 0.717) is 17.7 Å². The number of aryl methyl sites for hydroxylation is 1. The minimum absolute atomic E-state index is 0. The minimum Gasteiger partial charge on any atom is -0.339 e. The van der Waals surface area contributed by atoms with Crippen molar-refractivity contribution in [3.8, 4) is 0 Å². The second-order valence-electron chi connectivity index (χ2n) is 4.46. The smallest absolute Gasteiger partial charge is 0.332 e. The van der Waals surface area contributed by atoms with Crippen LogP contribution in [0.1, 0.15) is 32.6 Å². The van der Waals surface area contributed by atoms with Gasteiger partial charge in [-0.2, -0.15) is 0 Å². The topological polar surface area (TPSA) is 72.7 Å². The zero-order valence-corrected chi connectivity index (χ0v) is 13.8. The number of H-pyrrole nitrogens is 1. The summed E-state index contributed by atoms with van der Waals surface area (Å²) >= 11 is 0. The summed E-state index contributed by atoms with van der Waals surface area (Å²) < 4.78 is 2.70. The molecular formula is C12H18N4NaO2. The molecule has 0 fully saturated rings. The van der Waals surface area contributed by atoms with Crippen molar-refractivity contribution in [3.63, 3.8) is 0 Å². The van der Waals surface area contributed by atoms with E-state index in [1.54, 1.807) is 7.05 Å². The van der Waals surface area contributed by atoms with Crippen LogP contribution < -0.4 is 11.2 Å². The van der Waals surface area contributed by atoms with E-state index in [9.17, 15) is 9.59 Å². The molecular weight excluding hydrogens is 255 g/mol. The van der Waals surface area contributed by atoms with Crippen molar-refractivity contribution in [2.45, 2.75) is 39.2 Å². The Kier molecular flexibility index (Phi) is 6.03. The largest absolute Gasteiger partial charge is 0.339 e. The normalized spacial score (nSPS) is 10.6. The molecule has 0 aliphatic heterocycles. The second kappa shape index (κ2) is 7.07. The number of rotatable bonds is 5. The van der Waals surface area contributed by atoms with Crippen LogP contribution in [0.3, 0.4) is 0 Å². The quantitative estimate of drug-likeness (QED) is 0.641. The maximum Gasteiger partial charge on any atom is 0.332 e. The van der Waals surface area contributed by atoms with Crippen LogP contribution in [0, 0.1) is 0 Å². The Morgan fingerprint density at radius 3 is 2.68 bits per heavy atom. The first-order valence-corrected chi connectivity index (χ1v) is 6.29. The molecule has 0 saturated carbocycles. The molecule has 0 aliphatic rings. The average Bonchev–Trinajstić information content (AvgIpc) is 2.85. The van der Waals surface area contributed by atoms with E-state index in [-0.39, 0.29) is 40.8 Å². The summed E-state index contributed by atoms with van der Waals surface area (Å²) in [5.41, 5.74) is 0.237. The molecule has 99 valence electrons. The van der Waals surface area contributed by atoms with Gasteiger partial charge in [0.1, 0.15) is 5.52 Å². The van der Waals surface area contributed by atoms with E-state index in [1.807, 2.05) is 0 Å². The van der Waals surface area contributed by atoms with Crippen LogP contribution in [0.5, 0.6) is 0 Å². The minimum atomic E-state index is -0.295. The van der Waals surface area contributed by atoms with Gasteiger partial charge in [-0.3, -0.25) is 13.9 Å². The Balaban J connectivity index is 0.00000180. The molecule has 0 bridgehead atoms. The SMILES string of the molecule is CCCCCCn1c(=O)c2[nH]cnc2n(C)c1=O.[Na]. The van der Waals surface area contributed by atoms with Crippen molar-refractivity contribution < 1.29 is 0 Å². The number of imidazole rings is 1. The van der Waals surface area contributed by atoms with Gasteiger partial charge in [-0.05, 0) is 6.42 Å². The molecule has 1 N–H and O–H groups in total. The first-order chi connectivity index (χ1) is 8.66. The van der Waals surface area contributed by atoms with Crippen molar-refractivity contribution in [2.24, 2.45) is 7.05 Å². The van der Waals surface area contributed by atoms with Crippen molar-refractivity contribution in [1.82, 2.24) is 19.1 Å². The average molecular weight is 273 g/mol. The van der Waals surface area contributed by atoms with Gasteiger partial charge in [-0.1, -0.05) is 26.2 Å². The predicted molar refractivity (Wildman–Crippen MR) is 75.5 cm³/mol. The Labute approximate surface area is 133 Å². The van der Waals surface area contributed by atoms with Crippen molar-refractivity contribution in [1.29, 1.82) is 0 Å². The van der Waals surface area contributed by atoms with Gasteiger partial charge in [0.05, 0.1) is 6.33 Å². The van der Waals surface area contributed by atoms with Crippen molar-refractivity contribution in [2.75, 3.05) is 0 Å². The Hall–Kier alpha value is -0.850. The third kappa shape index (κ3) is 3.19.